The van der Waals surface area contributed by atoms with Gasteiger partial charge in [0.05, 0.1) is 5.69 Å². The highest BCUT2D eigenvalue weighted by Gasteiger charge is 2.48. The van der Waals surface area contributed by atoms with Crippen molar-refractivity contribution >= 4 is 0 Å². The van der Waals surface area contributed by atoms with Crippen molar-refractivity contribution in [3.05, 3.63) is 17.5 Å². The topological polar surface area (TPSA) is 47.3 Å². The van der Waals surface area contributed by atoms with E-state index in [9.17, 15) is 0 Å². The quantitative estimate of drug-likeness (QED) is 0.869. The van der Waals surface area contributed by atoms with Crippen LogP contribution < -0.4 is 5.32 Å². The summed E-state index contributed by atoms with van der Waals surface area (Å²) in [6, 6.07) is 3.48. The summed E-state index contributed by atoms with van der Waals surface area (Å²) >= 11 is 0. The first-order valence-electron chi connectivity index (χ1n) is 7.79. The number of rotatable bonds is 6. The van der Waals surface area contributed by atoms with E-state index in [1.54, 1.807) is 7.11 Å². The Balaban J connectivity index is 1.53. The fourth-order valence-corrected chi connectivity index (χ4v) is 3.42. The lowest BCUT2D eigenvalue weighted by Gasteiger charge is -2.54. The summed E-state index contributed by atoms with van der Waals surface area (Å²) in [5.41, 5.74) is 1.42. The molecule has 0 bridgehead atoms. The van der Waals surface area contributed by atoms with Crippen molar-refractivity contribution in [2.45, 2.75) is 64.6 Å². The molecule has 3 rings (SSSR count). The van der Waals surface area contributed by atoms with E-state index in [0.29, 0.717) is 24.0 Å². The summed E-state index contributed by atoms with van der Waals surface area (Å²) in [6.45, 7) is 5.27. The zero-order valence-corrected chi connectivity index (χ0v) is 12.8. The van der Waals surface area contributed by atoms with E-state index in [2.05, 4.69) is 24.3 Å². The average molecular weight is 278 g/mol. The van der Waals surface area contributed by atoms with Crippen LogP contribution in [-0.2, 0) is 17.8 Å². The Morgan fingerprint density at radius 3 is 2.85 bits per heavy atom. The largest absolute Gasteiger partial charge is 0.377 e. The Hall–Kier alpha value is -0.870. The Labute approximate surface area is 121 Å². The molecular weight excluding hydrogens is 252 g/mol. The van der Waals surface area contributed by atoms with Crippen LogP contribution in [0.25, 0.3) is 0 Å². The molecule has 0 unspecified atom stereocenters. The zero-order chi connectivity index (χ0) is 14.2. The van der Waals surface area contributed by atoms with Gasteiger partial charge in [-0.3, -0.25) is 0 Å². The molecule has 4 heteroatoms. The third kappa shape index (κ3) is 2.63. The summed E-state index contributed by atoms with van der Waals surface area (Å²) in [5.74, 6) is 1.52. The molecule has 4 nitrogen and oxygen atoms in total. The number of ether oxygens (including phenoxy) is 1. The van der Waals surface area contributed by atoms with E-state index in [1.807, 2.05) is 6.07 Å². The van der Waals surface area contributed by atoms with E-state index >= 15 is 0 Å². The van der Waals surface area contributed by atoms with Gasteiger partial charge in [0, 0.05) is 25.3 Å². The molecule has 0 spiro atoms. The van der Waals surface area contributed by atoms with Crippen LogP contribution in [0.2, 0.25) is 0 Å². The number of methoxy groups -OCH3 is 1. The second-order valence-corrected chi connectivity index (χ2v) is 7.02. The minimum Gasteiger partial charge on any atom is -0.377 e. The smallest absolute Gasteiger partial charge is 0.162 e. The molecule has 0 aliphatic heterocycles. The molecule has 112 valence electrons. The molecule has 2 aliphatic rings. The van der Waals surface area contributed by atoms with E-state index in [0.717, 1.165) is 23.9 Å². The average Bonchev–Trinajstić information content (AvgIpc) is 2.78. The van der Waals surface area contributed by atoms with Gasteiger partial charge >= 0.3 is 0 Å². The molecule has 1 aromatic heterocycles. The first kappa shape index (κ1) is 14.1. The lowest BCUT2D eigenvalue weighted by Crippen LogP contribution is -2.60. The Morgan fingerprint density at radius 1 is 1.45 bits per heavy atom. The highest BCUT2D eigenvalue weighted by molar-refractivity contribution is 5.11. The number of nitrogens with one attached hydrogen (secondary N) is 1. The van der Waals surface area contributed by atoms with Gasteiger partial charge in [-0.1, -0.05) is 25.4 Å². The second kappa shape index (κ2) is 5.49. The van der Waals surface area contributed by atoms with Crippen molar-refractivity contribution in [3.63, 3.8) is 0 Å². The van der Waals surface area contributed by atoms with Gasteiger partial charge in [0.1, 0.15) is 6.61 Å². The molecule has 2 atom stereocenters. The molecule has 0 radical (unpaired) electrons. The molecule has 1 N–H and O–H groups in total. The van der Waals surface area contributed by atoms with E-state index in [4.69, 9.17) is 9.26 Å². The number of hydrogen-bond donors (Lipinski definition) is 1. The lowest BCUT2D eigenvalue weighted by atomic mass is 9.57. The van der Waals surface area contributed by atoms with Gasteiger partial charge in [0.2, 0.25) is 0 Å². The van der Waals surface area contributed by atoms with Gasteiger partial charge in [-0.05, 0) is 37.0 Å². The summed E-state index contributed by atoms with van der Waals surface area (Å²) in [5, 5.41) is 7.98. The maximum Gasteiger partial charge on any atom is 0.162 e. The fraction of sp³-hybridized carbons (Fsp3) is 0.812. The summed E-state index contributed by atoms with van der Waals surface area (Å²) in [4.78, 5) is 0. The first-order valence-corrected chi connectivity index (χ1v) is 7.79. The SMILES string of the molecule is COCc1cc(C[C@@H]2C[C@H](NC3CCC3)C2(C)C)no1. The van der Waals surface area contributed by atoms with Crippen molar-refractivity contribution in [3.8, 4) is 0 Å². The van der Waals surface area contributed by atoms with Crippen molar-refractivity contribution in [1.82, 2.24) is 10.5 Å². The minimum atomic E-state index is 0.357. The van der Waals surface area contributed by atoms with Gasteiger partial charge in [0.15, 0.2) is 5.76 Å². The standard InChI is InChI=1S/C16H26N2O2/c1-16(2)11(8-15(16)17-12-5-4-6-12)7-13-9-14(10-19-3)20-18-13/h9,11-12,15,17H,4-8,10H2,1-3H3/t11-,15+/m1/s1. The van der Waals surface area contributed by atoms with Crippen LogP contribution in [0, 0.1) is 11.3 Å². The maximum absolute atomic E-state index is 5.27. The predicted molar refractivity (Wildman–Crippen MR) is 77.4 cm³/mol. The molecule has 0 saturated heterocycles. The highest BCUT2D eigenvalue weighted by Crippen LogP contribution is 2.48. The normalized spacial score (nSPS) is 28.9. The molecule has 0 aromatic carbocycles. The molecule has 2 fully saturated rings. The Kier molecular flexibility index (Phi) is 3.87. The molecule has 1 heterocycles. The number of hydrogen-bond acceptors (Lipinski definition) is 4. The van der Waals surface area contributed by atoms with Crippen molar-refractivity contribution < 1.29 is 9.26 Å². The summed E-state index contributed by atoms with van der Waals surface area (Å²) in [6.07, 6.45) is 6.40. The predicted octanol–water partition coefficient (Wildman–Crippen LogP) is 2.92. The monoisotopic (exact) mass is 278 g/mol. The fourth-order valence-electron chi connectivity index (χ4n) is 3.42. The summed E-state index contributed by atoms with van der Waals surface area (Å²) in [7, 11) is 1.67. The van der Waals surface area contributed by atoms with Crippen LogP contribution in [0.15, 0.2) is 10.6 Å². The molecular formula is C16H26N2O2. The van der Waals surface area contributed by atoms with Crippen LogP contribution in [0.1, 0.15) is 51.0 Å². The third-order valence-electron chi connectivity index (χ3n) is 5.36. The van der Waals surface area contributed by atoms with Crippen LogP contribution in [0.5, 0.6) is 0 Å². The molecule has 2 aliphatic carbocycles. The van der Waals surface area contributed by atoms with Crippen LogP contribution in [0.3, 0.4) is 0 Å². The molecule has 20 heavy (non-hydrogen) atoms. The minimum absolute atomic E-state index is 0.357. The molecule has 1 aromatic rings. The lowest BCUT2D eigenvalue weighted by molar-refractivity contribution is 0.000506. The second-order valence-electron chi connectivity index (χ2n) is 7.02. The van der Waals surface area contributed by atoms with Crippen molar-refractivity contribution in [1.29, 1.82) is 0 Å². The van der Waals surface area contributed by atoms with Gasteiger partial charge in [-0.15, -0.1) is 0 Å². The van der Waals surface area contributed by atoms with Crippen LogP contribution in [-0.4, -0.2) is 24.4 Å². The first-order chi connectivity index (χ1) is 9.59. The zero-order valence-electron chi connectivity index (χ0n) is 12.8. The maximum atomic E-state index is 5.27. The van der Waals surface area contributed by atoms with Gasteiger partial charge in [0.25, 0.3) is 0 Å². The van der Waals surface area contributed by atoms with Gasteiger partial charge in [-0.25, -0.2) is 0 Å². The van der Waals surface area contributed by atoms with E-state index in [-0.39, 0.29) is 0 Å². The number of aromatic nitrogens is 1. The third-order valence-corrected chi connectivity index (χ3v) is 5.36. The number of nitrogens with zero attached hydrogens (tertiary/aromatic N) is 1. The Bertz CT molecular complexity index is 451. The Morgan fingerprint density at radius 2 is 2.25 bits per heavy atom. The van der Waals surface area contributed by atoms with E-state index < -0.39 is 0 Å². The van der Waals surface area contributed by atoms with Crippen molar-refractivity contribution in [2.75, 3.05) is 7.11 Å². The highest BCUT2D eigenvalue weighted by atomic mass is 16.5. The van der Waals surface area contributed by atoms with Gasteiger partial charge in [-0.2, -0.15) is 0 Å². The van der Waals surface area contributed by atoms with Crippen LogP contribution in [0.4, 0.5) is 0 Å². The summed E-state index contributed by atoms with van der Waals surface area (Å²) < 4.78 is 10.3. The van der Waals surface area contributed by atoms with Crippen LogP contribution >= 0.6 is 0 Å². The molecule has 2 saturated carbocycles. The van der Waals surface area contributed by atoms with E-state index in [1.165, 1.54) is 25.7 Å². The van der Waals surface area contributed by atoms with Gasteiger partial charge < -0.3 is 14.6 Å². The van der Waals surface area contributed by atoms with Crippen molar-refractivity contribution in [2.24, 2.45) is 11.3 Å². The molecule has 0 amide bonds.